The van der Waals surface area contributed by atoms with E-state index in [1.54, 1.807) is 0 Å². The number of hydrogen-bond acceptors (Lipinski definition) is 4. The molecule has 2 heterocycles. The molecule has 0 amide bonds. The Kier molecular flexibility index (Phi) is 3.89. The first kappa shape index (κ1) is 12.9. The van der Waals surface area contributed by atoms with E-state index in [1.165, 1.54) is 25.7 Å². The minimum atomic E-state index is 0.250. The van der Waals surface area contributed by atoms with E-state index in [-0.39, 0.29) is 5.60 Å². The van der Waals surface area contributed by atoms with Crippen LogP contribution in [0.25, 0.3) is 0 Å². The molecule has 1 N–H and O–H groups in total. The summed E-state index contributed by atoms with van der Waals surface area (Å²) in [5.41, 5.74) is 0.250. The molecule has 1 saturated carbocycles. The van der Waals surface area contributed by atoms with Crippen molar-refractivity contribution in [2.24, 2.45) is 0 Å². The fourth-order valence-electron chi connectivity index (χ4n) is 3.41. The van der Waals surface area contributed by atoms with Gasteiger partial charge in [-0.1, -0.05) is 0 Å². The van der Waals surface area contributed by atoms with Crippen molar-refractivity contribution in [2.45, 2.75) is 49.9 Å². The number of nitrogens with one attached hydrogen (secondary N) is 1. The third-order valence-corrected chi connectivity index (χ3v) is 4.73. The molecule has 4 nitrogen and oxygen atoms in total. The monoisotopic (exact) mass is 254 g/mol. The first-order valence-electron chi connectivity index (χ1n) is 7.43. The summed E-state index contributed by atoms with van der Waals surface area (Å²) in [4.78, 5) is 2.35. The van der Waals surface area contributed by atoms with Crippen LogP contribution in [-0.2, 0) is 9.47 Å². The molecule has 4 heteroatoms. The molecule has 2 aliphatic heterocycles. The van der Waals surface area contributed by atoms with Crippen LogP contribution in [0.15, 0.2) is 0 Å². The molecule has 3 rings (SSSR count). The number of morpholine rings is 1. The van der Waals surface area contributed by atoms with E-state index in [4.69, 9.17) is 9.47 Å². The zero-order chi connectivity index (χ0) is 12.4. The zero-order valence-electron chi connectivity index (χ0n) is 11.5. The summed E-state index contributed by atoms with van der Waals surface area (Å²) in [6.07, 6.45) is 6.62. The highest BCUT2D eigenvalue weighted by Gasteiger charge is 2.42. The number of ether oxygens (including phenoxy) is 2. The van der Waals surface area contributed by atoms with E-state index in [9.17, 15) is 0 Å². The van der Waals surface area contributed by atoms with Crippen LogP contribution >= 0.6 is 0 Å². The summed E-state index contributed by atoms with van der Waals surface area (Å²) >= 11 is 0. The molecule has 0 aromatic carbocycles. The second-order valence-corrected chi connectivity index (χ2v) is 6.24. The Labute approximate surface area is 110 Å². The Morgan fingerprint density at radius 1 is 1.33 bits per heavy atom. The first-order chi connectivity index (χ1) is 8.76. The molecule has 104 valence electrons. The van der Waals surface area contributed by atoms with Crippen molar-refractivity contribution in [3.05, 3.63) is 0 Å². The molecule has 2 saturated heterocycles. The van der Waals surface area contributed by atoms with Gasteiger partial charge in [0, 0.05) is 32.3 Å². The summed E-state index contributed by atoms with van der Waals surface area (Å²) in [5, 5.41) is 3.70. The van der Waals surface area contributed by atoms with E-state index in [2.05, 4.69) is 17.3 Å². The number of rotatable bonds is 3. The van der Waals surface area contributed by atoms with Crippen molar-refractivity contribution in [3.63, 3.8) is 0 Å². The van der Waals surface area contributed by atoms with Crippen molar-refractivity contribution in [3.8, 4) is 0 Å². The average molecular weight is 254 g/mol. The minimum Gasteiger partial charge on any atom is -0.375 e. The Morgan fingerprint density at radius 3 is 2.94 bits per heavy atom. The highest BCUT2D eigenvalue weighted by atomic mass is 16.5. The van der Waals surface area contributed by atoms with Crippen LogP contribution in [0.3, 0.4) is 0 Å². The van der Waals surface area contributed by atoms with Crippen LogP contribution in [0.1, 0.15) is 32.1 Å². The Balaban J connectivity index is 1.42. The molecule has 2 unspecified atom stereocenters. The molecule has 1 spiro atoms. The van der Waals surface area contributed by atoms with Crippen molar-refractivity contribution in [1.82, 2.24) is 10.2 Å². The van der Waals surface area contributed by atoms with Gasteiger partial charge in [-0.25, -0.2) is 0 Å². The quantitative estimate of drug-likeness (QED) is 0.815. The molecule has 0 aromatic heterocycles. The molecule has 0 bridgehead atoms. The Bertz CT molecular complexity index is 281. The standard InChI is InChI=1S/C14H26N2O2/c1-16-6-8-17-13(11-16)10-15-12-3-7-18-14(9-12)4-2-5-14/h12-13,15H,2-11H2,1H3. The van der Waals surface area contributed by atoms with E-state index < -0.39 is 0 Å². The van der Waals surface area contributed by atoms with E-state index in [0.29, 0.717) is 12.1 Å². The van der Waals surface area contributed by atoms with Gasteiger partial charge < -0.3 is 19.7 Å². The van der Waals surface area contributed by atoms with Crippen molar-refractivity contribution >= 4 is 0 Å². The fourth-order valence-corrected chi connectivity index (χ4v) is 3.41. The summed E-state index contributed by atoms with van der Waals surface area (Å²) in [6.45, 7) is 4.92. The van der Waals surface area contributed by atoms with Gasteiger partial charge in [-0.15, -0.1) is 0 Å². The molecule has 2 atom stereocenters. The zero-order valence-corrected chi connectivity index (χ0v) is 11.5. The molecule has 0 radical (unpaired) electrons. The lowest BCUT2D eigenvalue weighted by Gasteiger charge is -2.47. The van der Waals surface area contributed by atoms with Crippen LogP contribution in [0.5, 0.6) is 0 Å². The maximum Gasteiger partial charge on any atom is 0.0826 e. The van der Waals surface area contributed by atoms with Crippen LogP contribution < -0.4 is 5.32 Å². The van der Waals surface area contributed by atoms with Crippen molar-refractivity contribution in [1.29, 1.82) is 0 Å². The maximum absolute atomic E-state index is 5.96. The van der Waals surface area contributed by atoms with Gasteiger partial charge in [-0.2, -0.15) is 0 Å². The van der Waals surface area contributed by atoms with Crippen LogP contribution in [0, 0.1) is 0 Å². The van der Waals surface area contributed by atoms with Crippen LogP contribution in [0.2, 0.25) is 0 Å². The Hall–Kier alpha value is -0.160. The van der Waals surface area contributed by atoms with Gasteiger partial charge >= 0.3 is 0 Å². The van der Waals surface area contributed by atoms with Crippen LogP contribution in [-0.4, -0.2) is 62.5 Å². The lowest BCUT2D eigenvalue weighted by Crippen LogP contribution is -2.53. The third kappa shape index (κ3) is 2.87. The van der Waals surface area contributed by atoms with Gasteiger partial charge in [0.05, 0.1) is 18.3 Å². The third-order valence-electron chi connectivity index (χ3n) is 4.73. The van der Waals surface area contributed by atoms with Gasteiger partial charge in [-0.05, 0) is 39.2 Å². The highest BCUT2D eigenvalue weighted by Crippen LogP contribution is 2.42. The molecular weight excluding hydrogens is 228 g/mol. The number of likely N-dealkylation sites (N-methyl/N-ethyl adjacent to an activating group) is 1. The van der Waals surface area contributed by atoms with Gasteiger partial charge in [0.1, 0.15) is 0 Å². The molecule has 1 aliphatic carbocycles. The van der Waals surface area contributed by atoms with Crippen LogP contribution in [0.4, 0.5) is 0 Å². The fraction of sp³-hybridized carbons (Fsp3) is 1.00. The van der Waals surface area contributed by atoms with Gasteiger partial charge in [0.15, 0.2) is 0 Å². The minimum absolute atomic E-state index is 0.250. The second-order valence-electron chi connectivity index (χ2n) is 6.24. The molecule has 3 fully saturated rings. The molecule has 18 heavy (non-hydrogen) atoms. The number of nitrogens with zero attached hydrogens (tertiary/aromatic N) is 1. The summed E-state index contributed by atoms with van der Waals surface area (Å²) < 4.78 is 11.8. The average Bonchev–Trinajstić information content (AvgIpc) is 2.35. The largest absolute Gasteiger partial charge is 0.375 e. The highest BCUT2D eigenvalue weighted by molar-refractivity contribution is 4.96. The Morgan fingerprint density at radius 2 is 2.22 bits per heavy atom. The lowest BCUT2D eigenvalue weighted by atomic mass is 9.74. The smallest absolute Gasteiger partial charge is 0.0826 e. The van der Waals surface area contributed by atoms with Crippen molar-refractivity contribution in [2.75, 3.05) is 39.9 Å². The van der Waals surface area contributed by atoms with Gasteiger partial charge in [-0.3, -0.25) is 0 Å². The molecule has 3 aliphatic rings. The van der Waals surface area contributed by atoms with Gasteiger partial charge in [0.25, 0.3) is 0 Å². The topological polar surface area (TPSA) is 33.7 Å². The second kappa shape index (κ2) is 5.45. The summed E-state index contributed by atoms with van der Waals surface area (Å²) in [5.74, 6) is 0. The first-order valence-corrected chi connectivity index (χ1v) is 7.43. The SMILES string of the molecule is CN1CCOC(CNC2CCOC3(CCC3)C2)C1. The predicted molar refractivity (Wildman–Crippen MR) is 70.8 cm³/mol. The molecule has 0 aromatic rings. The van der Waals surface area contributed by atoms with E-state index in [0.717, 1.165) is 39.3 Å². The summed E-state index contributed by atoms with van der Waals surface area (Å²) in [7, 11) is 2.17. The normalized spacial score (nSPS) is 36.5. The number of hydrogen-bond donors (Lipinski definition) is 1. The van der Waals surface area contributed by atoms with E-state index >= 15 is 0 Å². The molecular formula is C14H26N2O2. The van der Waals surface area contributed by atoms with E-state index in [1.807, 2.05) is 0 Å². The predicted octanol–water partition coefficient (Wildman–Crippen LogP) is 1.01. The summed E-state index contributed by atoms with van der Waals surface area (Å²) in [6, 6.07) is 0.634. The lowest BCUT2D eigenvalue weighted by molar-refractivity contribution is -0.136. The maximum atomic E-state index is 5.96. The van der Waals surface area contributed by atoms with Gasteiger partial charge in [0.2, 0.25) is 0 Å². The van der Waals surface area contributed by atoms with Crippen molar-refractivity contribution < 1.29 is 9.47 Å².